The summed E-state index contributed by atoms with van der Waals surface area (Å²) in [5, 5.41) is 8.75. The van der Waals surface area contributed by atoms with Crippen LogP contribution < -0.4 is 4.90 Å². The average molecular weight is 193 g/mol. The van der Waals surface area contributed by atoms with Crippen molar-refractivity contribution < 1.29 is 9.90 Å². The lowest BCUT2D eigenvalue weighted by atomic mass is 10.1. The van der Waals surface area contributed by atoms with Gasteiger partial charge in [0.25, 0.3) is 0 Å². The fourth-order valence-corrected chi connectivity index (χ4v) is 1.46. The van der Waals surface area contributed by atoms with Crippen molar-refractivity contribution in [1.29, 1.82) is 0 Å². The molecule has 0 saturated heterocycles. The van der Waals surface area contributed by atoms with Crippen molar-refractivity contribution in [2.75, 3.05) is 19.0 Å². The van der Waals surface area contributed by atoms with Crippen molar-refractivity contribution >= 4 is 11.7 Å². The van der Waals surface area contributed by atoms with Crippen molar-refractivity contribution in [3.05, 3.63) is 29.3 Å². The second-order valence-corrected chi connectivity index (χ2v) is 3.60. The van der Waals surface area contributed by atoms with Gasteiger partial charge in [-0.2, -0.15) is 0 Å². The highest BCUT2D eigenvalue weighted by Crippen LogP contribution is 2.20. The SMILES string of the molecule is Cc1ccc(N(C)C)c(CC(=O)O)c1. The van der Waals surface area contributed by atoms with Crippen LogP contribution >= 0.6 is 0 Å². The van der Waals surface area contributed by atoms with Gasteiger partial charge in [-0.05, 0) is 18.6 Å². The number of aliphatic carboxylic acids is 1. The molecule has 0 spiro atoms. The number of anilines is 1. The van der Waals surface area contributed by atoms with Crippen molar-refractivity contribution in [2.24, 2.45) is 0 Å². The lowest BCUT2D eigenvalue weighted by molar-refractivity contribution is -0.136. The van der Waals surface area contributed by atoms with Gasteiger partial charge in [-0.15, -0.1) is 0 Å². The summed E-state index contributed by atoms with van der Waals surface area (Å²) in [6.07, 6.45) is 0.0786. The summed E-state index contributed by atoms with van der Waals surface area (Å²) < 4.78 is 0. The number of carboxylic acid groups (broad SMARTS) is 1. The number of aryl methyl sites for hydroxylation is 1. The van der Waals surface area contributed by atoms with Crippen molar-refractivity contribution in [1.82, 2.24) is 0 Å². The van der Waals surface area contributed by atoms with E-state index in [-0.39, 0.29) is 6.42 Å². The van der Waals surface area contributed by atoms with Crippen molar-refractivity contribution in [3.63, 3.8) is 0 Å². The van der Waals surface area contributed by atoms with Crippen molar-refractivity contribution in [3.8, 4) is 0 Å². The van der Waals surface area contributed by atoms with Gasteiger partial charge in [0.15, 0.2) is 0 Å². The summed E-state index contributed by atoms with van der Waals surface area (Å²) in [4.78, 5) is 12.6. The predicted molar refractivity (Wildman–Crippen MR) is 56.8 cm³/mol. The molecule has 1 aromatic rings. The van der Waals surface area contributed by atoms with Gasteiger partial charge in [-0.25, -0.2) is 0 Å². The number of rotatable bonds is 3. The highest BCUT2D eigenvalue weighted by molar-refractivity contribution is 5.73. The molecule has 14 heavy (non-hydrogen) atoms. The Morgan fingerprint density at radius 1 is 1.43 bits per heavy atom. The van der Waals surface area contributed by atoms with Gasteiger partial charge < -0.3 is 10.0 Å². The first-order valence-electron chi connectivity index (χ1n) is 4.49. The molecule has 0 unspecified atom stereocenters. The molecular formula is C11H15NO2. The average Bonchev–Trinajstić information content (AvgIpc) is 2.01. The van der Waals surface area contributed by atoms with Crippen LogP contribution in [0.15, 0.2) is 18.2 Å². The molecule has 0 saturated carbocycles. The van der Waals surface area contributed by atoms with Gasteiger partial charge in [0, 0.05) is 19.8 Å². The maximum atomic E-state index is 10.6. The molecule has 0 bridgehead atoms. The third-order valence-electron chi connectivity index (χ3n) is 2.06. The quantitative estimate of drug-likeness (QED) is 0.794. The molecule has 0 aliphatic rings. The zero-order chi connectivity index (χ0) is 10.7. The number of carbonyl (C=O) groups is 1. The first-order valence-corrected chi connectivity index (χ1v) is 4.49. The minimum absolute atomic E-state index is 0.0786. The molecule has 3 heteroatoms. The van der Waals surface area contributed by atoms with Gasteiger partial charge >= 0.3 is 5.97 Å². The molecule has 0 aliphatic heterocycles. The molecule has 1 rings (SSSR count). The maximum absolute atomic E-state index is 10.6. The molecule has 1 N–H and O–H groups in total. The first-order chi connectivity index (χ1) is 6.50. The van der Waals surface area contributed by atoms with E-state index in [4.69, 9.17) is 5.11 Å². The topological polar surface area (TPSA) is 40.5 Å². The van der Waals surface area contributed by atoms with Crippen LogP contribution in [0.25, 0.3) is 0 Å². The Morgan fingerprint density at radius 3 is 2.57 bits per heavy atom. The van der Waals surface area contributed by atoms with E-state index in [2.05, 4.69) is 0 Å². The van der Waals surface area contributed by atoms with Crippen LogP contribution in [0.3, 0.4) is 0 Å². The summed E-state index contributed by atoms with van der Waals surface area (Å²) in [6.45, 7) is 1.96. The lowest BCUT2D eigenvalue weighted by Crippen LogP contribution is -2.13. The van der Waals surface area contributed by atoms with E-state index in [1.807, 2.05) is 44.1 Å². The van der Waals surface area contributed by atoms with E-state index in [1.165, 1.54) is 0 Å². The summed E-state index contributed by atoms with van der Waals surface area (Å²) in [5.41, 5.74) is 2.92. The smallest absolute Gasteiger partial charge is 0.307 e. The molecule has 0 heterocycles. The van der Waals surface area contributed by atoms with Crippen LogP contribution in [-0.2, 0) is 11.2 Å². The van der Waals surface area contributed by atoms with Gasteiger partial charge in [0.05, 0.1) is 6.42 Å². The summed E-state index contributed by atoms with van der Waals surface area (Å²) in [7, 11) is 3.83. The Bertz CT molecular complexity index is 345. The molecule has 0 atom stereocenters. The Morgan fingerprint density at radius 2 is 2.07 bits per heavy atom. The first kappa shape index (κ1) is 10.6. The molecule has 0 aliphatic carbocycles. The highest BCUT2D eigenvalue weighted by Gasteiger charge is 2.08. The van der Waals surface area contributed by atoms with E-state index in [0.717, 1.165) is 16.8 Å². The van der Waals surface area contributed by atoms with Crippen LogP contribution in [0.4, 0.5) is 5.69 Å². The predicted octanol–water partition coefficient (Wildman–Crippen LogP) is 1.69. The Kier molecular flexibility index (Phi) is 3.12. The van der Waals surface area contributed by atoms with Gasteiger partial charge in [-0.1, -0.05) is 17.7 Å². The van der Waals surface area contributed by atoms with Crippen LogP contribution in [-0.4, -0.2) is 25.2 Å². The lowest BCUT2D eigenvalue weighted by Gasteiger charge is -2.17. The fraction of sp³-hybridized carbons (Fsp3) is 0.364. The third-order valence-corrected chi connectivity index (χ3v) is 2.06. The van der Waals surface area contributed by atoms with Gasteiger partial charge in [-0.3, -0.25) is 4.79 Å². The number of nitrogens with zero attached hydrogens (tertiary/aromatic N) is 1. The fourth-order valence-electron chi connectivity index (χ4n) is 1.46. The minimum Gasteiger partial charge on any atom is -0.481 e. The van der Waals surface area contributed by atoms with E-state index < -0.39 is 5.97 Å². The summed E-state index contributed by atoms with van der Waals surface area (Å²) >= 11 is 0. The van der Waals surface area contributed by atoms with E-state index >= 15 is 0 Å². The molecule has 1 aromatic carbocycles. The van der Waals surface area contributed by atoms with Crippen LogP contribution in [0.1, 0.15) is 11.1 Å². The van der Waals surface area contributed by atoms with Gasteiger partial charge in [0.2, 0.25) is 0 Å². The normalized spacial score (nSPS) is 9.93. The van der Waals surface area contributed by atoms with E-state index in [9.17, 15) is 4.79 Å². The third kappa shape index (κ3) is 2.49. The largest absolute Gasteiger partial charge is 0.481 e. The zero-order valence-corrected chi connectivity index (χ0v) is 8.74. The van der Waals surface area contributed by atoms with Crippen LogP contribution in [0, 0.1) is 6.92 Å². The number of hydrogen-bond acceptors (Lipinski definition) is 2. The molecule has 76 valence electrons. The van der Waals surface area contributed by atoms with Crippen molar-refractivity contribution in [2.45, 2.75) is 13.3 Å². The Labute approximate surface area is 84.0 Å². The molecule has 0 aromatic heterocycles. The summed E-state index contributed by atoms with van der Waals surface area (Å²) in [6, 6.07) is 5.86. The number of hydrogen-bond donors (Lipinski definition) is 1. The standard InChI is InChI=1S/C11H15NO2/c1-8-4-5-10(12(2)3)9(6-8)7-11(13)14/h4-6H,7H2,1-3H3,(H,13,14). The molecule has 0 radical (unpaired) electrons. The number of benzene rings is 1. The van der Waals surface area contributed by atoms with Gasteiger partial charge in [0.1, 0.15) is 0 Å². The Balaban J connectivity index is 3.09. The minimum atomic E-state index is -0.793. The van der Waals surface area contributed by atoms with Crippen LogP contribution in [0.2, 0.25) is 0 Å². The Hall–Kier alpha value is -1.51. The zero-order valence-electron chi connectivity index (χ0n) is 8.74. The monoisotopic (exact) mass is 193 g/mol. The summed E-state index contributed by atoms with van der Waals surface area (Å²) in [5.74, 6) is -0.793. The highest BCUT2D eigenvalue weighted by atomic mass is 16.4. The van der Waals surface area contributed by atoms with E-state index in [1.54, 1.807) is 0 Å². The maximum Gasteiger partial charge on any atom is 0.307 e. The second kappa shape index (κ2) is 4.13. The molecule has 3 nitrogen and oxygen atoms in total. The van der Waals surface area contributed by atoms with Crippen LogP contribution in [0.5, 0.6) is 0 Å². The second-order valence-electron chi connectivity index (χ2n) is 3.60. The van der Waals surface area contributed by atoms with E-state index in [0.29, 0.717) is 0 Å². The molecule has 0 fully saturated rings. The molecule has 0 amide bonds. The molecular weight excluding hydrogens is 178 g/mol. The number of carboxylic acids is 1.